The molecule has 4 nitrogen and oxygen atoms in total. The highest BCUT2D eigenvalue weighted by molar-refractivity contribution is 14.1. The van der Waals surface area contributed by atoms with Crippen molar-refractivity contribution in [3.63, 3.8) is 0 Å². The van der Waals surface area contributed by atoms with Crippen molar-refractivity contribution in [3.8, 4) is 5.75 Å². The van der Waals surface area contributed by atoms with E-state index in [4.69, 9.17) is 9.47 Å². The van der Waals surface area contributed by atoms with E-state index in [9.17, 15) is 9.90 Å². The summed E-state index contributed by atoms with van der Waals surface area (Å²) in [6, 6.07) is 5.79. The molecule has 0 aliphatic carbocycles. The van der Waals surface area contributed by atoms with E-state index in [-0.39, 0.29) is 13.2 Å². The van der Waals surface area contributed by atoms with Crippen molar-refractivity contribution in [2.24, 2.45) is 0 Å². The SMILES string of the molecule is C=C(C)C(=O)OCC(O)COc1cc(C)cc(I)c1. The Balaban J connectivity index is 2.39. The molecule has 1 rings (SSSR count). The molecular weight excluding hydrogens is 359 g/mol. The minimum atomic E-state index is -0.860. The molecule has 1 N–H and O–H groups in total. The molecule has 0 amide bonds. The van der Waals surface area contributed by atoms with Crippen LogP contribution < -0.4 is 4.74 Å². The second-order valence-electron chi connectivity index (χ2n) is 4.31. The van der Waals surface area contributed by atoms with Gasteiger partial charge in [0.05, 0.1) is 0 Å². The third-order valence-electron chi connectivity index (χ3n) is 2.21. The number of rotatable bonds is 6. The van der Waals surface area contributed by atoms with Gasteiger partial charge in [-0.2, -0.15) is 0 Å². The van der Waals surface area contributed by atoms with Gasteiger partial charge in [-0.15, -0.1) is 0 Å². The van der Waals surface area contributed by atoms with Gasteiger partial charge in [-0.3, -0.25) is 0 Å². The van der Waals surface area contributed by atoms with Gasteiger partial charge in [0.2, 0.25) is 0 Å². The van der Waals surface area contributed by atoms with Gasteiger partial charge < -0.3 is 14.6 Å². The highest BCUT2D eigenvalue weighted by atomic mass is 127. The van der Waals surface area contributed by atoms with Crippen molar-refractivity contribution in [2.75, 3.05) is 13.2 Å². The summed E-state index contributed by atoms with van der Waals surface area (Å²) >= 11 is 2.20. The smallest absolute Gasteiger partial charge is 0.333 e. The maximum absolute atomic E-state index is 11.1. The molecule has 0 saturated heterocycles. The third kappa shape index (κ3) is 6.07. The number of ether oxygens (including phenoxy) is 2. The molecule has 0 fully saturated rings. The summed E-state index contributed by atoms with van der Waals surface area (Å²) in [5, 5.41) is 9.65. The predicted molar refractivity (Wildman–Crippen MR) is 81.2 cm³/mol. The fraction of sp³-hybridized carbons (Fsp3) is 0.357. The zero-order valence-corrected chi connectivity index (χ0v) is 13.1. The Morgan fingerprint density at radius 3 is 2.68 bits per heavy atom. The Morgan fingerprint density at radius 1 is 1.42 bits per heavy atom. The first-order valence-electron chi connectivity index (χ1n) is 5.79. The van der Waals surface area contributed by atoms with Gasteiger partial charge in [0, 0.05) is 9.14 Å². The van der Waals surface area contributed by atoms with Crippen LogP contribution in [0.2, 0.25) is 0 Å². The van der Waals surface area contributed by atoms with Crippen LogP contribution in [0.5, 0.6) is 5.75 Å². The van der Waals surface area contributed by atoms with Crippen molar-refractivity contribution >= 4 is 28.6 Å². The zero-order valence-electron chi connectivity index (χ0n) is 11.0. The lowest BCUT2D eigenvalue weighted by Gasteiger charge is -2.13. The van der Waals surface area contributed by atoms with E-state index in [1.54, 1.807) is 6.92 Å². The van der Waals surface area contributed by atoms with E-state index < -0.39 is 12.1 Å². The Morgan fingerprint density at radius 2 is 2.11 bits per heavy atom. The highest BCUT2D eigenvalue weighted by Gasteiger charge is 2.10. The van der Waals surface area contributed by atoms with Crippen molar-refractivity contribution in [2.45, 2.75) is 20.0 Å². The van der Waals surface area contributed by atoms with Gasteiger partial charge in [0.15, 0.2) is 0 Å². The summed E-state index contributed by atoms with van der Waals surface area (Å²) in [7, 11) is 0. The number of carbonyl (C=O) groups excluding carboxylic acids is 1. The number of aliphatic hydroxyl groups is 1. The average molecular weight is 376 g/mol. The number of benzene rings is 1. The zero-order chi connectivity index (χ0) is 14.4. The quantitative estimate of drug-likeness (QED) is 0.471. The molecule has 0 spiro atoms. The van der Waals surface area contributed by atoms with Crippen molar-refractivity contribution < 1.29 is 19.4 Å². The average Bonchev–Trinajstić information content (AvgIpc) is 2.32. The van der Waals surface area contributed by atoms with Crippen LogP contribution in [-0.2, 0) is 9.53 Å². The standard InChI is InChI=1S/C14H17IO4/c1-9(2)14(17)19-8-12(16)7-18-13-5-10(3)4-11(15)6-13/h4-6,12,16H,1,7-8H2,2-3H3. The number of hydrogen-bond donors (Lipinski definition) is 1. The fourth-order valence-electron chi connectivity index (χ4n) is 1.32. The van der Waals surface area contributed by atoms with E-state index in [2.05, 4.69) is 29.2 Å². The van der Waals surface area contributed by atoms with Crippen LogP contribution in [0.3, 0.4) is 0 Å². The van der Waals surface area contributed by atoms with E-state index >= 15 is 0 Å². The molecule has 19 heavy (non-hydrogen) atoms. The van der Waals surface area contributed by atoms with Crippen molar-refractivity contribution in [3.05, 3.63) is 39.5 Å². The van der Waals surface area contributed by atoms with Gasteiger partial charge >= 0.3 is 5.97 Å². The third-order valence-corrected chi connectivity index (χ3v) is 2.84. The Bertz CT molecular complexity index is 450. The topological polar surface area (TPSA) is 55.8 Å². The minimum absolute atomic E-state index is 0.0724. The van der Waals surface area contributed by atoms with Gasteiger partial charge in [-0.25, -0.2) is 4.79 Å². The first kappa shape index (κ1) is 16.0. The van der Waals surface area contributed by atoms with Gasteiger partial charge in [-0.05, 0) is 60.2 Å². The van der Waals surface area contributed by atoms with E-state index in [0.29, 0.717) is 11.3 Å². The van der Waals surface area contributed by atoms with Crippen LogP contribution in [0, 0.1) is 10.5 Å². The van der Waals surface area contributed by atoms with Gasteiger partial charge in [0.25, 0.3) is 0 Å². The summed E-state index contributed by atoms with van der Waals surface area (Å²) in [4.78, 5) is 11.1. The molecule has 104 valence electrons. The number of esters is 1. The minimum Gasteiger partial charge on any atom is -0.491 e. The summed E-state index contributed by atoms with van der Waals surface area (Å²) in [6.45, 7) is 6.96. The molecule has 0 aliphatic rings. The molecule has 1 aromatic carbocycles. The van der Waals surface area contributed by atoms with Gasteiger partial charge in [0.1, 0.15) is 25.1 Å². The van der Waals surface area contributed by atoms with Crippen LogP contribution in [0.15, 0.2) is 30.4 Å². The van der Waals surface area contributed by atoms with E-state index in [1.165, 1.54) is 0 Å². The van der Waals surface area contributed by atoms with Crippen molar-refractivity contribution in [1.29, 1.82) is 0 Å². The molecule has 1 aromatic rings. The monoisotopic (exact) mass is 376 g/mol. The van der Waals surface area contributed by atoms with Gasteiger partial charge in [-0.1, -0.05) is 6.58 Å². The lowest BCUT2D eigenvalue weighted by atomic mass is 10.2. The number of carbonyl (C=O) groups is 1. The maximum atomic E-state index is 11.1. The summed E-state index contributed by atoms with van der Waals surface area (Å²) in [5.74, 6) is 0.179. The maximum Gasteiger partial charge on any atom is 0.333 e. The second kappa shape index (κ2) is 7.49. The van der Waals surface area contributed by atoms with Crippen LogP contribution >= 0.6 is 22.6 Å². The first-order chi connectivity index (χ1) is 8.88. The molecule has 1 atom stereocenters. The fourth-order valence-corrected chi connectivity index (χ4v) is 2.12. The van der Waals surface area contributed by atoms with Crippen molar-refractivity contribution in [1.82, 2.24) is 0 Å². The first-order valence-corrected chi connectivity index (χ1v) is 6.87. The molecule has 0 bridgehead atoms. The summed E-state index contributed by atoms with van der Waals surface area (Å²) < 4.78 is 11.4. The molecule has 0 heterocycles. The van der Waals surface area contributed by atoms with E-state index in [1.807, 2.05) is 25.1 Å². The number of halogens is 1. The normalized spacial score (nSPS) is 11.8. The molecule has 0 radical (unpaired) electrons. The lowest BCUT2D eigenvalue weighted by molar-refractivity contribution is -0.142. The Labute approximate surface area is 126 Å². The van der Waals surface area contributed by atoms with Crippen LogP contribution in [0.1, 0.15) is 12.5 Å². The van der Waals surface area contributed by atoms with E-state index in [0.717, 1.165) is 9.13 Å². The molecule has 0 aromatic heterocycles. The number of aliphatic hydroxyl groups excluding tert-OH is 1. The number of hydrogen-bond acceptors (Lipinski definition) is 4. The van der Waals surface area contributed by atoms with Crippen LogP contribution in [0.4, 0.5) is 0 Å². The lowest BCUT2D eigenvalue weighted by Crippen LogP contribution is -2.25. The van der Waals surface area contributed by atoms with Crippen LogP contribution in [0.25, 0.3) is 0 Å². The molecule has 1 unspecified atom stereocenters. The highest BCUT2D eigenvalue weighted by Crippen LogP contribution is 2.18. The molecule has 5 heteroatoms. The Hall–Kier alpha value is -1.08. The summed E-state index contributed by atoms with van der Waals surface area (Å²) in [5.41, 5.74) is 1.39. The molecular formula is C14H17IO4. The van der Waals surface area contributed by atoms with Crippen LogP contribution in [-0.4, -0.2) is 30.4 Å². The predicted octanol–water partition coefficient (Wildman–Crippen LogP) is 2.46. The Kier molecular flexibility index (Phi) is 6.30. The number of aryl methyl sites for hydroxylation is 1. The molecule has 0 saturated carbocycles. The second-order valence-corrected chi connectivity index (χ2v) is 5.55. The summed E-state index contributed by atoms with van der Waals surface area (Å²) in [6.07, 6.45) is -0.860. The largest absolute Gasteiger partial charge is 0.491 e. The molecule has 0 aliphatic heterocycles.